The second kappa shape index (κ2) is 16.1. The molecule has 0 N–H and O–H groups in total. The second-order valence-corrected chi connectivity index (χ2v) is 22.0. The van der Waals surface area contributed by atoms with Gasteiger partial charge in [0.1, 0.15) is 0 Å². The molecule has 14 aromatic carbocycles. The molecule has 0 fully saturated rings. The van der Waals surface area contributed by atoms with Crippen LogP contribution in [-0.4, -0.2) is 8.80 Å². The molecule has 0 aliphatic rings. The van der Waals surface area contributed by atoms with Crippen molar-refractivity contribution in [3.8, 4) is 61.7 Å². The van der Waals surface area contributed by atoms with Crippen molar-refractivity contribution in [2.45, 2.75) is 0 Å². The standard InChI is InChI=1S/C77H43N3/c78-44-45-19-21-48(22-20-45)62-36-68-64-32-49-15-7-9-17-51(49)40-72(64)79-74-42-55-25-23-53(27-60(55)34-66(74)69(37-62)76(68)79)54-24-26-56-43-75-67(35-61(56)28-54)71-39-63(38-70-65-33-50-16-8-10-18-52(50)41-73(65)80(75)77(70)71)59-30-57(46-11-3-1-4-12-46)29-58(31-59)47-13-5-2-6-14-47/h1-43H. The summed E-state index contributed by atoms with van der Waals surface area (Å²) >= 11 is 0. The van der Waals surface area contributed by atoms with Gasteiger partial charge in [-0.15, -0.1) is 0 Å². The maximum atomic E-state index is 9.63. The lowest BCUT2D eigenvalue weighted by atomic mass is 9.92. The van der Waals surface area contributed by atoms with E-state index in [-0.39, 0.29) is 0 Å². The van der Waals surface area contributed by atoms with Crippen molar-refractivity contribution in [1.29, 1.82) is 5.26 Å². The van der Waals surface area contributed by atoms with Crippen molar-refractivity contribution in [3.05, 3.63) is 266 Å². The Bertz CT molecular complexity index is 5640. The maximum Gasteiger partial charge on any atom is 0.0991 e. The van der Waals surface area contributed by atoms with Crippen LogP contribution in [0.15, 0.2) is 261 Å². The Hall–Kier alpha value is -10.8. The summed E-state index contributed by atoms with van der Waals surface area (Å²) in [6.45, 7) is 0. The van der Waals surface area contributed by atoms with Crippen molar-refractivity contribution in [3.63, 3.8) is 0 Å². The molecule has 0 atom stereocenters. The van der Waals surface area contributed by atoms with E-state index in [2.05, 4.69) is 264 Å². The first-order valence-corrected chi connectivity index (χ1v) is 27.5. The molecule has 366 valence electrons. The summed E-state index contributed by atoms with van der Waals surface area (Å²) in [6.07, 6.45) is 0. The Labute approximate surface area is 458 Å². The fourth-order valence-electron chi connectivity index (χ4n) is 13.8. The second-order valence-electron chi connectivity index (χ2n) is 22.0. The van der Waals surface area contributed by atoms with Gasteiger partial charge < -0.3 is 8.80 Å². The molecule has 0 amide bonds. The lowest BCUT2D eigenvalue weighted by Gasteiger charge is -2.12. The summed E-state index contributed by atoms with van der Waals surface area (Å²) in [4.78, 5) is 0. The third kappa shape index (κ3) is 6.24. The monoisotopic (exact) mass is 1010 g/mol. The first kappa shape index (κ1) is 43.3. The summed E-state index contributed by atoms with van der Waals surface area (Å²) < 4.78 is 5.03. The van der Waals surface area contributed by atoms with Crippen LogP contribution >= 0.6 is 0 Å². The van der Waals surface area contributed by atoms with Crippen LogP contribution in [0.1, 0.15) is 5.56 Å². The first-order valence-electron chi connectivity index (χ1n) is 27.5. The van der Waals surface area contributed by atoms with Crippen LogP contribution in [0.3, 0.4) is 0 Å². The molecule has 0 unspecified atom stereocenters. The smallest absolute Gasteiger partial charge is 0.0991 e. The minimum Gasteiger partial charge on any atom is -0.308 e. The molecule has 4 heterocycles. The normalized spacial score (nSPS) is 12.2. The van der Waals surface area contributed by atoms with Crippen LogP contribution < -0.4 is 0 Å². The minimum atomic E-state index is 0.661. The number of hydrogen-bond acceptors (Lipinski definition) is 1. The van der Waals surface area contributed by atoms with E-state index in [1.165, 1.54) is 164 Å². The number of benzene rings is 14. The quantitative estimate of drug-likeness (QED) is 0.169. The van der Waals surface area contributed by atoms with E-state index in [1.807, 2.05) is 12.1 Å². The predicted molar refractivity (Wildman–Crippen MR) is 338 cm³/mol. The lowest BCUT2D eigenvalue weighted by molar-refractivity contribution is 1.38. The molecule has 0 saturated heterocycles. The van der Waals surface area contributed by atoms with Gasteiger partial charge >= 0.3 is 0 Å². The Kier molecular flexibility index (Phi) is 8.74. The van der Waals surface area contributed by atoms with Gasteiger partial charge in [-0.3, -0.25) is 0 Å². The topological polar surface area (TPSA) is 32.6 Å². The Balaban J connectivity index is 0.829. The van der Waals surface area contributed by atoms with Gasteiger partial charge in [0.15, 0.2) is 0 Å². The van der Waals surface area contributed by atoms with Crippen LogP contribution in [0.25, 0.3) is 175 Å². The molecule has 0 bridgehead atoms. The Morgan fingerprint density at radius 2 is 0.512 bits per heavy atom. The molecule has 3 nitrogen and oxygen atoms in total. The summed E-state index contributed by atoms with van der Waals surface area (Å²) in [5.41, 5.74) is 19.9. The van der Waals surface area contributed by atoms with Gasteiger partial charge in [-0.05, 0) is 214 Å². The summed E-state index contributed by atoms with van der Waals surface area (Å²) in [5, 5.41) is 29.4. The first-order chi connectivity index (χ1) is 39.5. The fourth-order valence-corrected chi connectivity index (χ4v) is 13.8. The highest BCUT2D eigenvalue weighted by atomic mass is 14.9. The zero-order valence-corrected chi connectivity index (χ0v) is 43.2. The molecule has 80 heavy (non-hydrogen) atoms. The van der Waals surface area contributed by atoms with Gasteiger partial charge in [-0.25, -0.2) is 0 Å². The number of fused-ring (bicyclic) bond motifs is 16. The molecule has 0 aliphatic heterocycles. The molecule has 18 aromatic rings. The third-order valence-electron chi connectivity index (χ3n) is 17.6. The molecule has 4 aromatic heterocycles. The fraction of sp³-hybridized carbons (Fsp3) is 0. The number of hydrogen-bond donors (Lipinski definition) is 0. The molecule has 18 rings (SSSR count). The van der Waals surface area contributed by atoms with Crippen molar-refractivity contribution in [1.82, 2.24) is 8.80 Å². The molecule has 0 saturated carbocycles. The minimum absolute atomic E-state index is 0.661. The van der Waals surface area contributed by atoms with E-state index in [0.29, 0.717) is 5.56 Å². The molecule has 0 radical (unpaired) electrons. The number of nitrogens with zero attached hydrogens (tertiary/aromatic N) is 3. The van der Waals surface area contributed by atoms with Gasteiger partial charge in [-0.2, -0.15) is 5.26 Å². The van der Waals surface area contributed by atoms with E-state index in [9.17, 15) is 5.26 Å². The average Bonchev–Trinajstić information content (AvgIpc) is 4.32. The van der Waals surface area contributed by atoms with Crippen LogP contribution in [0, 0.1) is 11.3 Å². The van der Waals surface area contributed by atoms with Crippen molar-refractivity contribution in [2.75, 3.05) is 0 Å². The molecular weight excluding hydrogens is 967 g/mol. The van der Waals surface area contributed by atoms with Crippen LogP contribution in [-0.2, 0) is 0 Å². The lowest BCUT2D eigenvalue weighted by Crippen LogP contribution is -1.86. The van der Waals surface area contributed by atoms with Gasteiger partial charge in [0.25, 0.3) is 0 Å². The van der Waals surface area contributed by atoms with Crippen LogP contribution in [0.4, 0.5) is 0 Å². The predicted octanol–water partition coefficient (Wildman–Crippen LogP) is 20.8. The summed E-state index contributed by atoms with van der Waals surface area (Å²) in [5.74, 6) is 0. The Morgan fingerprint density at radius 3 is 0.912 bits per heavy atom. The maximum absolute atomic E-state index is 9.63. The van der Waals surface area contributed by atoms with Gasteiger partial charge in [0.05, 0.1) is 44.7 Å². The van der Waals surface area contributed by atoms with Gasteiger partial charge in [0, 0.05) is 43.1 Å². The largest absolute Gasteiger partial charge is 0.308 e. The van der Waals surface area contributed by atoms with E-state index in [0.717, 1.165) is 11.1 Å². The number of nitriles is 1. The number of rotatable bonds is 5. The third-order valence-corrected chi connectivity index (χ3v) is 17.6. The van der Waals surface area contributed by atoms with Crippen molar-refractivity contribution in [2.24, 2.45) is 0 Å². The summed E-state index contributed by atoms with van der Waals surface area (Å²) in [7, 11) is 0. The highest BCUT2D eigenvalue weighted by molar-refractivity contribution is 6.29. The molecular formula is C77H43N3. The summed E-state index contributed by atoms with van der Waals surface area (Å²) in [6, 6.07) is 99.2. The van der Waals surface area contributed by atoms with Gasteiger partial charge in [0.2, 0.25) is 0 Å². The molecule has 0 aliphatic carbocycles. The van der Waals surface area contributed by atoms with E-state index in [4.69, 9.17) is 0 Å². The molecule has 0 spiro atoms. The van der Waals surface area contributed by atoms with E-state index in [1.54, 1.807) is 0 Å². The average molecular weight is 1010 g/mol. The van der Waals surface area contributed by atoms with E-state index < -0.39 is 0 Å². The molecule has 3 heteroatoms. The highest BCUT2D eigenvalue weighted by Crippen LogP contribution is 2.47. The van der Waals surface area contributed by atoms with Crippen molar-refractivity contribution >= 4 is 119 Å². The SMILES string of the molecule is N#Cc1ccc(-c2cc3c4cc5ccccc5cc4n4c5cc6ccc(-c7ccc8cc9c(cc8c7)c7cc(-c8cc(-c%10ccccc%10)cc(-c%10ccccc%10)c8)cc8c%10cc%11ccccc%11cc%10n9c87)cc6cc5c(c2)c34)cc1. The highest BCUT2D eigenvalue weighted by Gasteiger charge is 2.23. The van der Waals surface area contributed by atoms with Crippen LogP contribution in [0.5, 0.6) is 0 Å². The van der Waals surface area contributed by atoms with E-state index >= 15 is 0 Å². The zero-order chi connectivity index (χ0) is 52.3. The van der Waals surface area contributed by atoms with Crippen LogP contribution in [0.2, 0.25) is 0 Å². The zero-order valence-electron chi connectivity index (χ0n) is 43.2. The Morgan fingerprint density at radius 1 is 0.212 bits per heavy atom. The van der Waals surface area contributed by atoms with Gasteiger partial charge in [-0.1, -0.05) is 146 Å². The number of aromatic nitrogens is 2. The van der Waals surface area contributed by atoms with Crippen molar-refractivity contribution < 1.29 is 0 Å².